The van der Waals surface area contributed by atoms with E-state index in [0.717, 1.165) is 49.9 Å². The molecule has 28 heavy (non-hydrogen) atoms. The van der Waals surface area contributed by atoms with Crippen LogP contribution in [0.15, 0.2) is 42.5 Å². The largest absolute Gasteiger partial charge is 0.497 e. The Morgan fingerprint density at radius 2 is 1.82 bits per heavy atom. The van der Waals surface area contributed by atoms with Crippen LogP contribution in [0.5, 0.6) is 11.5 Å². The Balaban J connectivity index is 1.64. The molecule has 0 bridgehead atoms. The van der Waals surface area contributed by atoms with E-state index in [2.05, 4.69) is 10.2 Å². The van der Waals surface area contributed by atoms with Crippen LogP contribution in [0.4, 0.5) is 0 Å². The molecule has 1 aliphatic heterocycles. The molecule has 6 heteroatoms. The van der Waals surface area contributed by atoms with Gasteiger partial charge in [-0.05, 0) is 42.8 Å². The van der Waals surface area contributed by atoms with E-state index in [1.54, 1.807) is 14.2 Å². The quantitative estimate of drug-likeness (QED) is 0.795. The lowest BCUT2D eigenvalue weighted by Crippen LogP contribution is -2.35. The number of amides is 1. The first-order valence-corrected chi connectivity index (χ1v) is 9.52. The zero-order chi connectivity index (χ0) is 19.9. The number of hydrogen-bond acceptors (Lipinski definition) is 5. The Labute approximate surface area is 166 Å². The molecule has 1 N–H and O–H groups in total. The molecule has 0 radical (unpaired) electrons. The summed E-state index contributed by atoms with van der Waals surface area (Å²) in [7, 11) is 3.24. The minimum absolute atomic E-state index is 0.115. The fourth-order valence-corrected chi connectivity index (χ4v) is 3.31. The second kappa shape index (κ2) is 9.57. The van der Waals surface area contributed by atoms with E-state index >= 15 is 0 Å². The molecule has 1 amide bonds. The van der Waals surface area contributed by atoms with Crippen LogP contribution in [-0.2, 0) is 11.3 Å². The third kappa shape index (κ3) is 5.03. The van der Waals surface area contributed by atoms with Crippen molar-refractivity contribution in [3.05, 3.63) is 59.2 Å². The van der Waals surface area contributed by atoms with Gasteiger partial charge >= 0.3 is 0 Å². The molecule has 1 heterocycles. The van der Waals surface area contributed by atoms with Crippen LogP contribution in [0.2, 0.25) is 0 Å². The molecule has 2 aromatic carbocycles. The summed E-state index contributed by atoms with van der Waals surface area (Å²) in [5.41, 5.74) is 2.71. The van der Waals surface area contributed by atoms with E-state index in [4.69, 9.17) is 14.2 Å². The van der Waals surface area contributed by atoms with Crippen molar-refractivity contribution in [1.29, 1.82) is 0 Å². The number of methoxy groups -OCH3 is 2. The average molecular weight is 384 g/mol. The van der Waals surface area contributed by atoms with Crippen LogP contribution >= 0.6 is 0 Å². The number of rotatable bonds is 7. The minimum Gasteiger partial charge on any atom is -0.497 e. The second-order valence-electron chi connectivity index (χ2n) is 6.89. The van der Waals surface area contributed by atoms with E-state index < -0.39 is 0 Å². The van der Waals surface area contributed by atoms with E-state index in [9.17, 15) is 4.79 Å². The second-order valence-corrected chi connectivity index (χ2v) is 6.89. The Bertz CT molecular complexity index is 786. The van der Waals surface area contributed by atoms with Gasteiger partial charge in [0.2, 0.25) is 0 Å². The molecule has 1 aliphatic rings. The molecule has 0 saturated carbocycles. The highest BCUT2D eigenvalue weighted by Crippen LogP contribution is 2.29. The summed E-state index contributed by atoms with van der Waals surface area (Å²) >= 11 is 0. The van der Waals surface area contributed by atoms with Crippen molar-refractivity contribution in [3.8, 4) is 11.5 Å². The average Bonchev–Trinajstić information content (AvgIpc) is 2.74. The lowest BCUT2D eigenvalue weighted by Gasteiger charge is -2.26. The number of nitrogens with one attached hydrogen (secondary N) is 1. The van der Waals surface area contributed by atoms with Gasteiger partial charge in [-0.25, -0.2) is 0 Å². The summed E-state index contributed by atoms with van der Waals surface area (Å²) in [6, 6.07) is 13.1. The predicted octanol–water partition coefficient (Wildman–Crippen LogP) is 3.03. The van der Waals surface area contributed by atoms with Gasteiger partial charge in [-0.15, -0.1) is 0 Å². The molecule has 0 aliphatic carbocycles. The molecule has 2 aromatic rings. The fourth-order valence-electron chi connectivity index (χ4n) is 3.31. The van der Waals surface area contributed by atoms with Gasteiger partial charge < -0.3 is 19.5 Å². The van der Waals surface area contributed by atoms with Crippen LogP contribution in [0.1, 0.15) is 34.5 Å². The molecule has 6 nitrogen and oxygen atoms in total. The third-order valence-electron chi connectivity index (χ3n) is 4.98. The zero-order valence-electron chi connectivity index (χ0n) is 16.7. The summed E-state index contributed by atoms with van der Waals surface area (Å²) in [5, 5.41) is 3.04. The van der Waals surface area contributed by atoms with Gasteiger partial charge in [-0.1, -0.05) is 12.1 Å². The molecule has 3 rings (SSSR count). The molecule has 1 fully saturated rings. The number of carbonyl (C=O) groups excluding carboxylic acids is 1. The smallest absolute Gasteiger partial charge is 0.251 e. The minimum atomic E-state index is -0.217. The lowest BCUT2D eigenvalue weighted by molar-refractivity contribution is 0.0342. The third-order valence-corrected chi connectivity index (χ3v) is 4.98. The molecular formula is C22H28N2O4. The maximum Gasteiger partial charge on any atom is 0.251 e. The van der Waals surface area contributed by atoms with Crippen LogP contribution in [0.3, 0.4) is 0 Å². The maximum atomic E-state index is 12.7. The SMILES string of the molecule is COc1ccc(OC)c([C@H](C)NC(=O)c2ccc(CN3CCOCC3)cc2)c1. The first-order valence-electron chi connectivity index (χ1n) is 9.52. The standard InChI is InChI=1S/C22H28N2O4/c1-16(20-14-19(26-2)8-9-21(20)27-3)23-22(25)18-6-4-17(5-7-18)15-24-10-12-28-13-11-24/h4-9,14,16H,10-13,15H2,1-3H3,(H,23,25)/t16-/m0/s1. The number of carbonyl (C=O) groups is 1. The monoisotopic (exact) mass is 384 g/mol. The Kier molecular flexibility index (Phi) is 6.90. The van der Waals surface area contributed by atoms with Crippen molar-refractivity contribution in [3.63, 3.8) is 0 Å². The van der Waals surface area contributed by atoms with Crippen molar-refractivity contribution in [2.75, 3.05) is 40.5 Å². The highest BCUT2D eigenvalue weighted by molar-refractivity contribution is 5.94. The van der Waals surface area contributed by atoms with Crippen LogP contribution in [-0.4, -0.2) is 51.3 Å². The van der Waals surface area contributed by atoms with Gasteiger partial charge in [0.05, 0.1) is 33.5 Å². The van der Waals surface area contributed by atoms with Gasteiger partial charge in [0.15, 0.2) is 0 Å². The van der Waals surface area contributed by atoms with E-state index in [1.807, 2.05) is 49.4 Å². The van der Waals surface area contributed by atoms with Gasteiger partial charge in [0.1, 0.15) is 11.5 Å². The van der Waals surface area contributed by atoms with Gasteiger partial charge in [-0.2, -0.15) is 0 Å². The Morgan fingerprint density at radius 3 is 2.46 bits per heavy atom. The highest BCUT2D eigenvalue weighted by atomic mass is 16.5. The number of benzene rings is 2. The van der Waals surface area contributed by atoms with Crippen molar-refractivity contribution in [2.45, 2.75) is 19.5 Å². The molecule has 1 saturated heterocycles. The first-order chi connectivity index (χ1) is 13.6. The van der Waals surface area contributed by atoms with Crippen molar-refractivity contribution < 1.29 is 19.0 Å². The maximum absolute atomic E-state index is 12.7. The van der Waals surface area contributed by atoms with E-state index in [0.29, 0.717) is 5.56 Å². The van der Waals surface area contributed by atoms with Gasteiger partial charge in [0.25, 0.3) is 5.91 Å². The Morgan fingerprint density at radius 1 is 1.11 bits per heavy atom. The van der Waals surface area contributed by atoms with Crippen LogP contribution in [0, 0.1) is 0 Å². The van der Waals surface area contributed by atoms with Crippen LogP contribution in [0.25, 0.3) is 0 Å². The van der Waals surface area contributed by atoms with Gasteiger partial charge in [-0.3, -0.25) is 9.69 Å². The number of hydrogen-bond donors (Lipinski definition) is 1. The summed E-state index contributed by atoms with van der Waals surface area (Å²) < 4.78 is 16.1. The molecule has 0 aromatic heterocycles. The molecule has 0 spiro atoms. The molecule has 1 atom stereocenters. The Hall–Kier alpha value is -2.57. The van der Waals surface area contributed by atoms with Gasteiger partial charge in [0, 0.05) is 30.8 Å². The summed E-state index contributed by atoms with van der Waals surface area (Å²) in [5.74, 6) is 1.33. The number of ether oxygens (including phenoxy) is 3. The number of nitrogens with zero attached hydrogens (tertiary/aromatic N) is 1. The lowest BCUT2D eigenvalue weighted by atomic mass is 10.1. The zero-order valence-corrected chi connectivity index (χ0v) is 16.7. The number of morpholine rings is 1. The van der Waals surface area contributed by atoms with E-state index in [-0.39, 0.29) is 11.9 Å². The predicted molar refractivity (Wildman–Crippen MR) is 108 cm³/mol. The molecule has 150 valence electrons. The first kappa shape index (κ1) is 20.2. The topological polar surface area (TPSA) is 60.0 Å². The van der Waals surface area contributed by atoms with Crippen LogP contribution < -0.4 is 14.8 Å². The molecular weight excluding hydrogens is 356 g/mol. The highest BCUT2D eigenvalue weighted by Gasteiger charge is 2.17. The fraction of sp³-hybridized carbons (Fsp3) is 0.409. The normalized spacial score (nSPS) is 15.7. The molecule has 0 unspecified atom stereocenters. The van der Waals surface area contributed by atoms with Crippen molar-refractivity contribution in [2.24, 2.45) is 0 Å². The van der Waals surface area contributed by atoms with E-state index in [1.165, 1.54) is 5.56 Å². The summed E-state index contributed by atoms with van der Waals surface area (Å²) in [6.07, 6.45) is 0. The summed E-state index contributed by atoms with van der Waals surface area (Å²) in [4.78, 5) is 15.0. The van der Waals surface area contributed by atoms with Crippen molar-refractivity contribution >= 4 is 5.91 Å². The van der Waals surface area contributed by atoms with Crippen molar-refractivity contribution in [1.82, 2.24) is 10.2 Å². The summed E-state index contributed by atoms with van der Waals surface area (Å²) in [6.45, 7) is 6.27.